The first kappa shape index (κ1) is 27.0. The average Bonchev–Trinajstić information content (AvgIpc) is 3.80. The highest BCUT2D eigenvalue weighted by molar-refractivity contribution is 7.22. The van der Waals surface area contributed by atoms with Crippen molar-refractivity contribution in [1.29, 1.82) is 0 Å². The molecule has 2 aromatic heterocycles. The van der Waals surface area contributed by atoms with Gasteiger partial charge < -0.3 is 0 Å². The molecule has 222 valence electrons. The molecule has 0 spiro atoms. The largest absolute Gasteiger partial charge is 0.236 e. The molecule has 2 heterocycles. The van der Waals surface area contributed by atoms with Gasteiger partial charge in [0.1, 0.15) is 10.0 Å². The molecule has 1 aliphatic carbocycles. The van der Waals surface area contributed by atoms with Crippen molar-refractivity contribution in [2.45, 2.75) is 19.3 Å². The number of fused-ring (bicyclic) bond motifs is 7. The van der Waals surface area contributed by atoms with Crippen molar-refractivity contribution in [2.24, 2.45) is 0 Å². The van der Waals surface area contributed by atoms with Gasteiger partial charge in [0, 0.05) is 16.5 Å². The number of hydrogen-bond donors (Lipinski definition) is 0. The van der Waals surface area contributed by atoms with E-state index in [1.165, 1.54) is 69.9 Å². The molecule has 0 N–H and O–H groups in total. The molecule has 9 aromatic rings. The predicted octanol–water partition coefficient (Wildman–Crippen LogP) is 12.5. The summed E-state index contributed by atoms with van der Waals surface area (Å²) in [7, 11) is 0. The van der Waals surface area contributed by atoms with E-state index >= 15 is 0 Å². The zero-order valence-corrected chi connectivity index (χ0v) is 27.5. The lowest BCUT2D eigenvalue weighted by Crippen LogP contribution is -2.14. The minimum atomic E-state index is -0.101. The topological polar surface area (TPSA) is 25.8 Å². The second-order valence-electron chi connectivity index (χ2n) is 13.0. The van der Waals surface area contributed by atoms with Gasteiger partial charge in [-0.05, 0) is 91.3 Å². The monoisotopic (exact) mass is 636 g/mol. The molecule has 2 nitrogen and oxygen atoms in total. The molecule has 0 radical (unpaired) electrons. The van der Waals surface area contributed by atoms with Crippen LogP contribution in [0.4, 0.5) is 0 Å². The van der Waals surface area contributed by atoms with Gasteiger partial charge in [0.25, 0.3) is 0 Å². The molecule has 0 atom stereocenters. The number of para-hydroxylation sites is 2. The molecule has 7 aromatic carbocycles. The zero-order chi connectivity index (χ0) is 31.3. The standard InChI is InChI=1S/C43H28N2S2/c1-43(2)33-14-6-5-11-27(33)30-23-31-32(24-34(30)43)39(25-19-21-26(22-20-25)41-44-35-15-7-9-17-37(35)46-41)28-12-3-4-13-29(28)40(31)42-45-36-16-8-10-18-38(36)47-42/h3-24H,1-2H3. The molecule has 0 saturated heterocycles. The third-order valence-corrected chi connectivity index (χ3v) is 12.1. The van der Waals surface area contributed by atoms with Crippen LogP contribution in [-0.4, -0.2) is 9.97 Å². The van der Waals surface area contributed by atoms with E-state index in [1.54, 1.807) is 22.7 Å². The van der Waals surface area contributed by atoms with Crippen molar-refractivity contribution in [3.05, 3.63) is 145 Å². The van der Waals surface area contributed by atoms with Crippen molar-refractivity contribution in [3.63, 3.8) is 0 Å². The van der Waals surface area contributed by atoms with Gasteiger partial charge in [-0.1, -0.05) is 111 Å². The molecule has 1 aliphatic rings. The quantitative estimate of drug-likeness (QED) is 0.180. The van der Waals surface area contributed by atoms with Gasteiger partial charge in [0.05, 0.1) is 20.4 Å². The maximum atomic E-state index is 5.23. The molecule has 0 aliphatic heterocycles. The van der Waals surface area contributed by atoms with Crippen LogP contribution < -0.4 is 0 Å². The van der Waals surface area contributed by atoms with Crippen molar-refractivity contribution in [2.75, 3.05) is 0 Å². The van der Waals surface area contributed by atoms with E-state index in [4.69, 9.17) is 9.97 Å². The molecule has 0 fully saturated rings. The fourth-order valence-corrected chi connectivity index (χ4v) is 9.68. The van der Waals surface area contributed by atoms with Crippen LogP contribution in [0.3, 0.4) is 0 Å². The molecule has 4 heteroatoms. The Kier molecular flexibility index (Phi) is 5.70. The maximum absolute atomic E-state index is 5.23. The van der Waals surface area contributed by atoms with E-state index < -0.39 is 0 Å². The van der Waals surface area contributed by atoms with E-state index in [2.05, 4.69) is 147 Å². The second-order valence-corrected chi connectivity index (χ2v) is 15.0. The molecular weight excluding hydrogens is 609 g/mol. The highest BCUT2D eigenvalue weighted by atomic mass is 32.1. The third-order valence-electron chi connectivity index (χ3n) is 9.95. The Morgan fingerprint density at radius 2 is 1.00 bits per heavy atom. The van der Waals surface area contributed by atoms with Crippen LogP contribution in [0.25, 0.3) is 85.4 Å². The Hall–Kier alpha value is -5.16. The summed E-state index contributed by atoms with van der Waals surface area (Å²) in [6.07, 6.45) is 0. The van der Waals surface area contributed by atoms with Crippen LogP contribution in [0, 0.1) is 0 Å². The van der Waals surface area contributed by atoms with Gasteiger partial charge in [-0.3, -0.25) is 0 Å². The molecule has 0 unspecified atom stereocenters. The van der Waals surface area contributed by atoms with Crippen LogP contribution in [-0.2, 0) is 5.41 Å². The van der Waals surface area contributed by atoms with E-state index in [1.807, 2.05) is 0 Å². The lowest BCUT2D eigenvalue weighted by molar-refractivity contribution is 0.661. The Morgan fingerprint density at radius 3 is 1.72 bits per heavy atom. The number of nitrogens with zero attached hydrogens (tertiary/aromatic N) is 2. The smallest absolute Gasteiger partial charge is 0.125 e. The summed E-state index contributed by atoms with van der Waals surface area (Å²) in [5.74, 6) is 0. The predicted molar refractivity (Wildman–Crippen MR) is 202 cm³/mol. The van der Waals surface area contributed by atoms with Gasteiger partial charge in [-0.15, -0.1) is 22.7 Å². The van der Waals surface area contributed by atoms with Crippen molar-refractivity contribution in [3.8, 4) is 43.4 Å². The first-order valence-electron chi connectivity index (χ1n) is 16.0. The van der Waals surface area contributed by atoms with Gasteiger partial charge in [-0.25, -0.2) is 9.97 Å². The molecule has 0 amide bonds. The molecular formula is C43H28N2S2. The highest BCUT2D eigenvalue weighted by Crippen LogP contribution is 2.53. The highest BCUT2D eigenvalue weighted by Gasteiger charge is 2.36. The molecule has 47 heavy (non-hydrogen) atoms. The minimum Gasteiger partial charge on any atom is -0.236 e. The lowest BCUT2D eigenvalue weighted by atomic mass is 9.80. The lowest BCUT2D eigenvalue weighted by Gasteiger charge is -2.23. The second kappa shape index (κ2) is 9.92. The zero-order valence-electron chi connectivity index (χ0n) is 25.9. The van der Waals surface area contributed by atoms with Crippen LogP contribution in [0.1, 0.15) is 25.0 Å². The van der Waals surface area contributed by atoms with Crippen LogP contribution in [0.2, 0.25) is 0 Å². The normalized spacial score (nSPS) is 13.5. The fraction of sp³-hybridized carbons (Fsp3) is 0.0698. The SMILES string of the molecule is CC1(C)c2ccccc2-c2cc3c(-c4nc5ccccc5s4)c4ccccc4c(-c4ccc(-c5nc6ccccc6s5)cc4)c3cc21. The first-order chi connectivity index (χ1) is 23.0. The average molecular weight is 637 g/mol. The Labute approximate surface area is 280 Å². The van der Waals surface area contributed by atoms with Gasteiger partial charge in [0.2, 0.25) is 0 Å². The van der Waals surface area contributed by atoms with Gasteiger partial charge in [0.15, 0.2) is 0 Å². The van der Waals surface area contributed by atoms with Crippen molar-refractivity contribution >= 4 is 64.7 Å². The third kappa shape index (κ3) is 3.95. The Bertz CT molecular complexity index is 2640. The summed E-state index contributed by atoms with van der Waals surface area (Å²) in [5.41, 5.74) is 12.3. The molecule has 0 bridgehead atoms. The van der Waals surface area contributed by atoms with E-state index in [0.717, 1.165) is 26.6 Å². The number of aromatic nitrogens is 2. The van der Waals surface area contributed by atoms with Crippen LogP contribution in [0.5, 0.6) is 0 Å². The van der Waals surface area contributed by atoms with E-state index in [9.17, 15) is 0 Å². The summed E-state index contributed by atoms with van der Waals surface area (Å²) in [5, 5.41) is 7.11. The fourth-order valence-electron chi connectivity index (χ4n) is 7.67. The van der Waals surface area contributed by atoms with Crippen LogP contribution in [0.15, 0.2) is 133 Å². The molecule has 0 saturated carbocycles. The summed E-state index contributed by atoms with van der Waals surface area (Å²) >= 11 is 3.53. The minimum absolute atomic E-state index is 0.101. The Morgan fingerprint density at radius 1 is 0.447 bits per heavy atom. The van der Waals surface area contributed by atoms with Gasteiger partial charge >= 0.3 is 0 Å². The summed E-state index contributed by atoms with van der Waals surface area (Å²) in [6.45, 7) is 4.73. The van der Waals surface area contributed by atoms with Crippen molar-refractivity contribution < 1.29 is 0 Å². The van der Waals surface area contributed by atoms with Gasteiger partial charge in [-0.2, -0.15) is 0 Å². The number of rotatable bonds is 3. The first-order valence-corrected chi connectivity index (χ1v) is 17.6. The summed E-state index contributed by atoms with van der Waals surface area (Å²) in [4.78, 5) is 10.2. The molecule has 10 rings (SSSR count). The summed E-state index contributed by atoms with van der Waals surface area (Å²) in [6, 6.07) is 48.7. The van der Waals surface area contributed by atoms with E-state index in [-0.39, 0.29) is 5.41 Å². The van der Waals surface area contributed by atoms with Crippen molar-refractivity contribution in [1.82, 2.24) is 9.97 Å². The number of benzene rings is 7. The number of hydrogen-bond acceptors (Lipinski definition) is 4. The van der Waals surface area contributed by atoms with E-state index in [0.29, 0.717) is 0 Å². The summed E-state index contributed by atoms with van der Waals surface area (Å²) < 4.78 is 2.42. The maximum Gasteiger partial charge on any atom is 0.125 e. The van der Waals surface area contributed by atoms with Crippen LogP contribution >= 0.6 is 22.7 Å². The Balaban J connectivity index is 1.28. The number of thiazole rings is 2.